The summed E-state index contributed by atoms with van der Waals surface area (Å²) in [4.78, 5) is 38.3. The molecule has 0 saturated carbocycles. The Labute approximate surface area is 173 Å². The number of para-hydroxylation sites is 2. The molecule has 1 aromatic heterocycles. The first kappa shape index (κ1) is 20.9. The van der Waals surface area contributed by atoms with Gasteiger partial charge in [0, 0.05) is 11.9 Å². The highest BCUT2D eigenvalue weighted by molar-refractivity contribution is 6.11. The Hall–Kier alpha value is -3.87. The molecule has 0 spiro atoms. The number of amides is 1. The van der Waals surface area contributed by atoms with Crippen LogP contribution in [0.3, 0.4) is 0 Å². The molecule has 2 aromatic carbocycles. The third kappa shape index (κ3) is 3.96. The number of esters is 1. The Kier molecular flexibility index (Phi) is 6.32. The second-order valence-electron chi connectivity index (χ2n) is 6.58. The Balaban J connectivity index is 2.06. The van der Waals surface area contributed by atoms with Crippen LogP contribution in [0.4, 0.5) is 5.69 Å². The van der Waals surface area contributed by atoms with Gasteiger partial charge >= 0.3 is 5.97 Å². The minimum Gasteiger partial charge on any atom is -0.506 e. The van der Waals surface area contributed by atoms with E-state index in [1.54, 1.807) is 36.4 Å². The first-order chi connectivity index (χ1) is 14.5. The van der Waals surface area contributed by atoms with E-state index >= 15 is 0 Å². The number of nitrogens with zero attached hydrogens (tertiary/aromatic N) is 1. The number of anilines is 1. The van der Waals surface area contributed by atoms with Crippen molar-refractivity contribution in [2.75, 3.05) is 11.9 Å². The van der Waals surface area contributed by atoms with E-state index in [-0.39, 0.29) is 24.4 Å². The summed E-state index contributed by atoms with van der Waals surface area (Å²) >= 11 is 0. The molecule has 0 aliphatic rings. The van der Waals surface area contributed by atoms with Crippen LogP contribution < -0.4 is 10.9 Å². The molecule has 0 radical (unpaired) electrons. The van der Waals surface area contributed by atoms with Crippen LogP contribution in [-0.4, -0.2) is 28.2 Å². The van der Waals surface area contributed by atoms with Crippen molar-refractivity contribution in [2.45, 2.75) is 19.9 Å². The van der Waals surface area contributed by atoms with Crippen molar-refractivity contribution >= 4 is 28.5 Å². The van der Waals surface area contributed by atoms with Gasteiger partial charge in [0.2, 0.25) is 0 Å². The number of hydrogen-bond donors (Lipinski definition) is 2. The Morgan fingerprint density at radius 2 is 1.87 bits per heavy atom. The summed E-state index contributed by atoms with van der Waals surface area (Å²) in [7, 11) is 0. The van der Waals surface area contributed by atoms with Gasteiger partial charge in [-0.2, -0.15) is 0 Å². The van der Waals surface area contributed by atoms with E-state index in [0.717, 1.165) is 0 Å². The van der Waals surface area contributed by atoms with Crippen molar-refractivity contribution in [1.29, 1.82) is 0 Å². The zero-order valence-electron chi connectivity index (χ0n) is 16.6. The molecule has 1 heterocycles. The molecule has 2 N–H and O–H groups in total. The largest absolute Gasteiger partial charge is 0.506 e. The summed E-state index contributed by atoms with van der Waals surface area (Å²) in [6.07, 6.45) is 2.19. The summed E-state index contributed by atoms with van der Waals surface area (Å²) in [5, 5.41) is 13.6. The second-order valence-corrected chi connectivity index (χ2v) is 6.58. The highest BCUT2D eigenvalue weighted by atomic mass is 16.5. The monoisotopic (exact) mass is 406 g/mol. The van der Waals surface area contributed by atoms with E-state index in [0.29, 0.717) is 17.3 Å². The fourth-order valence-electron chi connectivity index (χ4n) is 3.13. The van der Waals surface area contributed by atoms with Crippen molar-refractivity contribution in [3.05, 3.63) is 82.7 Å². The van der Waals surface area contributed by atoms with Crippen molar-refractivity contribution in [1.82, 2.24) is 4.57 Å². The van der Waals surface area contributed by atoms with Crippen LogP contribution in [0.15, 0.2) is 66.0 Å². The molecule has 0 unspecified atom stereocenters. The Bertz CT molecular complexity index is 1180. The highest BCUT2D eigenvalue weighted by Gasteiger charge is 2.23. The number of allylic oxidation sites excluding steroid dienone is 1. The summed E-state index contributed by atoms with van der Waals surface area (Å²) in [6.45, 7) is 5.94. The van der Waals surface area contributed by atoms with E-state index in [2.05, 4.69) is 11.9 Å². The molecular formula is C23H22N2O5. The van der Waals surface area contributed by atoms with Crippen molar-refractivity contribution in [2.24, 2.45) is 0 Å². The molecule has 3 rings (SSSR count). The van der Waals surface area contributed by atoms with Gasteiger partial charge in [-0.25, -0.2) is 4.79 Å². The van der Waals surface area contributed by atoms with Crippen LogP contribution >= 0.6 is 0 Å². The fourth-order valence-corrected chi connectivity index (χ4v) is 3.13. The van der Waals surface area contributed by atoms with Gasteiger partial charge in [-0.1, -0.05) is 37.3 Å². The molecule has 0 fully saturated rings. The standard InChI is InChI=1S/C23H22N2O5/c1-3-13-25-18-12-8-6-10-16(18)20(26)19(22(25)28)21(27)24-17-11-7-5-9-15(17)23(29)30-14-4-2/h3,5-12,26H,1,4,13-14H2,2H3,(H,24,27). The Morgan fingerprint density at radius 3 is 2.60 bits per heavy atom. The Morgan fingerprint density at radius 1 is 1.17 bits per heavy atom. The normalized spacial score (nSPS) is 10.6. The van der Waals surface area contributed by atoms with Crippen LogP contribution in [0.2, 0.25) is 0 Å². The maximum Gasteiger partial charge on any atom is 0.340 e. The van der Waals surface area contributed by atoms with Gasteiger partial charge in [0.25, 0.3) is 11.5 Å². The molecule has 1 amide bonds. The number of aromatic hydroxyl groups is 1. The number of benzene rings is 2. The second kappa shape index (κ2) is 9.09. The van der Waals surface area contributed by atoms with Gasteiger partial charge < -0.3 is 19.7 Å². The maximum atomic E-state index is 13.0. The van der Waals surface area contributed by atoms with Gasteiger partial charge in [0.15, 0.2) is 0 Å². The quantitative estimate of drug-likeness (QED) is 0.460. The van der Waals surface area contributed by atoms with Gasteiger partial charge in [0.05, 0.1) is 23.4 Å². The summed E-state index contributed by atoms with van der Waals surface area (Å²) in [5.74, 6) is -1.82. The lowest BCUT2D eigenvalue weighted by Gasteiger charge is -2.15. The maximum absolute atomic E-state index is 13.0. The van der Waals surface area contributed by atoms with Crippen molar-refractivity contribution < 1.29 is 19.4 Å². The third-order valence-electron chi connectivity index (χ3n) is 4.52. The van der Waals surface area contributed by atoms with E-state index in [1.807, 2.05) is 6.92 Å². The predicted molar refractivity (Wildman–Crippen MR) is 115 cm³/mol. The molecule has 7 heteroatoms. The van der Waals surface area contributed by atoms with E-state index in [1.165, 1.54) is 22.8 Å². The number of nitrogens with one attached hydrogen (secondary N) is 1. The number of pyridine rings is 1. The van der Waals surface area contributed by atoms with Crippen LogP contribution in [0.25, 0.3) is 10.9 Å². The number of aromatic nitrogens is 1. The average Bonchev–Trinajstić information content (AvgIpc) is 2.75. The van der Waals surface area contributed by atoms with E-state index < -0.39 is 28.7 Å². The number of rotatable bonds is 7. The SMILES string of the molecule is C=CCn1c(=O)c(C(=O)Nc2ccccc2C(=O)OCCC)c(O)c2ccccc21. The van der Waals surface area contributed by atoms with Gasteiger partial charge in [-0.05, 0) is 30.7 Å². The van der Waals surface area contributed by atoms with Crippen molar-refractivity contribution in [3.8, 4) is 5.75 Å². The lowest BCUT2D eigenvalue weighted by atomic mass is 10.1. The number of carbonyl (C=O) groups is 2. The molecule has 0 bridgehead atoms. The number of carbonyl (C=O) groups excluding carboxylic acids is 2. The first-order valence-electron chi connectivity index (χ1n) is 9.52. The van der Waals surface area contributed by atoms with Crippen LogP contribution in [0.5, 0.6) is 5.75 Å². The number of hydrogen-bond acceptors (Lipinski definition) is 5. The average molecular weight is 406 g/mol. The number of ether oxygens (including phenoxy) is 1. The lowest BCUT2D eigenvalue weighted by molar-refractivity contribution is 0.0506. The minimum atomic E-state index is -0.822. The van der Waals surface area contributed by atoms with Crippen molar-refractivity contribution in [3.63, 3.8) is 0 Å². The highest BCUT2D eigenvalue weighted by Crippen LogP contribution is 2.27. The summed E-state index contributed by atoms with van der Waals surface area (Å²) in [5.41, 5.74) is -0.237. The van der Waals surface area contributed by atoms with Gasteiger partial charge in [-0.3, -0.25) is 9.59 Å². The summed E-state index contributed by atoms with van der Waals surface area (Å²) < 4.78 is 6.50. The van der Waals surface area contributed by atoms with Crippen LogP contribution in [0.1, 0.15) is 34.1 Å². The topological polar surface area (TPSA) is 97.6 Å². The fraction of sp³-hybridized carbons (Fsp3) is 0.174. The smallest absolute Gasteiger partial charge is 0.340 e. The zero-order valence-corrected chi connectivity index (χ0v) is 16.6. The molecule has 0 saturated heterocycles. The van der Waals surface area contributed by atoms with E-state index in [9.17, 15) is 19.5 Å². The predicted octanol–water partition coefficient (Wildman–Crippen LogP) is 3.71. The minimum absolute atomic E-state index is 0.158. The van der Waals surface area contributed by atoms with Crippen LogP contribution in [-0.2, 0) is 11.3 Å². The summed E-state index contributed by atoms with van der Waals surface area (Å²) in [6, 6.07) is 13.1. The van der Waals surface area contributed by atoms with Gasteiger partial charge in [-0.15, -0.1) is 6.58 Å². The molecule has 0 aliphatic carbocycles. The molecule has 30 heavy (non-hydrogen) atoms. The number of fused-ring (bicyclic) bond motifs is 1. The van der Waals surface area contributed by atoms with E-state index in [4.69, 9.17) is 4.74 Å². The third-order valence-corrected chi connectivity index (χ3v) is 4.52. The molecule has 3 aromatic rings. The molecule has 7 nitrogen and oxygen atoms in total. The van der Waals surface area contributed by atoms with Crippen LogP contribution in [0, 0.1) is 0 Å². The lowest BCUT2D eigenvalue weighted by Crippen LogP contribution is -2.30. The molecule has 0 atom stereocenters. The molecular weight excluding hydrogens is 384 g/mol. The molecule has 154 valence electrons. The molecule has 0 aliphatic heterocycles. The van der Waals surface area contributed by atoms with Gasteiger partial charge in [0.1, 0.15) is 11.3 Å². The first-order valence-corrected chi connectivity index (χ1v) is 9.52. The zero-order chi connectivity index (χ0) is 21.7.